The lowest BCUT2D eigenvalue weighted by atomic mass is 10.1. The standard InChI is InChI=1S/C13H10Br2Cl2S/c1-7-9(14)6-13(18-7)10(15)4-8-2-3-11(16)12(17)5-8/h2-3,5-6,10H,4H2,1H3. The molecule has 0 aliphatic carbocycles. The molecule has 1 aromatic heterocycles. The first-order valence-electron chi connectivity index (χ1n) is 5.31. The van der Waals surface area contributed by atoms with Gasteiger partial charge < -0.3 is 0 Å². The van der Waals surface area contributed by atoms with Crippen LogP contribution in [0.15, 0.2) is 28.7 Å². The molecule has 2 rings (SSSR count). The van der Waals surface area contributed by atoms with E-state index in [2.05, 4.69) is 44.8 Å². The molecule has 18 heavy (non-hydrogen) atoms. The third-order valence-corrected chi connectivity index (χ3v) is 6.69. The van der Waals surface area contributed by atoms with Crippen LogP contribution in [0.3, 0.4) is 0 Å². The SMILES string of the molecule is Cc1sc(C(Br)Cc2ccc(Cl)c(Cl)c2)cc1Br. The lowest BCUT2D eigenvalue weighted by Crippen LogP contribution is -1.92. The van der Waals surface area contributed by atoms with Gasteiger partial charge in [0.1, 0.15) is 0 Å². The zero-order valence-corrected chi connectivity index (χ0v) is 15.0. The van der Waals surface area contributed by atoms with Gasteiger partial charge in [-0.25, -0.2) is 0 Å². The van der Waals surface area contributed by atoms with Crippen LogP contribution in [-0.2, 0) is 6.42 Å². The van der Waals surface area contributed by atoms with E-state index in [-0.39, 0.29) is 0 Å². The molecule has 5 heteroatoms. The second-order valence-electron chi connectivity index (χ2n) is 3.97. The van der Waals surface area contributed by atoms with E-state index in [1.165, 1.54) is 19.8 Å². The van der Waals surface area contributed by atoms with Crippen molar-refractivity contribution in [2.45, 2.75) is 18.2 Å². The molecule has 96 valence electrons. The van der Waals surface area contributed by atoms with Crippen LogP contribution in [0.2, 0.25) is 10.0 Å². The molecule has 0 fully saturated rings. The van der Waals surface area contributed by atoms with Crippen LogP contribution in [0.1, 0.15) is 20.1 Å². The van der Waals surface area contributed by atoms with Gasteiger partial charge in [0.2, 0.25) is 0 Å². The van der Waals surface area contributed by atoms with Crippen LogP contribution >= 0.6 is 66.4 Å². The zero-order valence-electron chi connectivity index (χ0n) is 9.51. The van der Waals surface area contributed by atoms with Crippen molar-refractivity contribution in [1.82, 2.24) is 0 Å². The molecule has 0 spiro atoms. The van der Waals surface area contributed by atoms with Gasteiger partial charge in [0.15, 0.2) is 0 Å². The molecule has 1 atom stereocenters. The Bertz CT molecular complexity index is 547. The predicted octanol–water partition coefficient (Wildman–Crippen LogP) is 6.80. The van der Waals surface area contributed by atoms with Gasteiger partial charge in [-0.1, -0.05) is 45.2 Å². The second-order valence-corrected chi connectivity index (χ2v) is 8.03. The van der Waals surface area contributed by atoms with Crippen LogP contribution in [-0.4, -0.2) is 0 Å². The maximum atomic E-state index is 6.02. The minimum absolute atomic E-state index is 0.296. The summed E-state index contributed by atoms with van der Waals surface area (Å²) in [5.41, 5.74) is 1.17. The molecule has 0 radical (unpaired) electrons. The van der Waals surface area contributed by atoms with E-state index in [1.54, 1.807) is 11.3 Å². The minimum atomic E-state index is 0.296. The summed E-state index contributed by atoms with van der Waals surface area (Å²) in [5, 5.41) is 1.21. The van der Waals surface area contributed by atoms with E-state index in [0.717, 1.165) is 6.42 Å². The summed E-state index contributed by atoms with van der Waals surface area (Å²) in [4.78, 5) is 2.90. The van der Waals surface area contributed by atoms with E-state index in [0.29, 0.717) is 14.9 Å². The van der Waals surface area contributed by atoms with Crippen molar-refractivity contribution < 1.29 is 0 Å². The van der Waals surface area contributed by atoms with Crippen molar-refractivity contribution in [3.05, 3.63) is 54.1 Å². The predicted molar refractivity (Wildman–Crippen MR) is 88.6 cm³/mol. The Hall–Kier alpha value is 0.460. The molecule has 0 amide bonds. The number of hydrogen-bond acceptors (Lipinski definition) is 1. The molecule has 0 aliphatic heterocycles. The molecule has 0 bridgehead atoms. The van der Waals surface area contributed by atoms with Crippen LogP contribution in [0, 0.1) is 6.92 Å². The molecule has 1 unspecified atom stereocenters. The zero-order chi connectivity index (χ0) is 13.3. The van der Waals surface area contributed by atoms with Gasteiger partial charge in [0, 0.05) is 14.2 Å². The highest BCUT2D eigenvalue weighted by Gasteiger charge is 2.13. The average molecular weight is 429 g/mol. The lowest BCUT2D eigenvalue weighted by Gasteiger charge is -2.08. The minimum Gasteiger partial charge on any atom is -0.143 e. The van der Waals surface area contributed by atoms with Crippen molar-refractivity contribution in [2.75, 3.05) is 0 Å². The Morgan fingerprint density at radius 3 is 2.50 bits per heavy atom. The largest absolute Gasteiger partial charge is 0.143 e. The summed E-state index contributed by atoms with van der Waals surface area (Å²) in [6.07, 6.45) is 0.892. The Morgan fingerprint density at radius 1 is 1.22 bits per heavy atom. The Labute approximate surface area is 138 Å². The Kier molecular flexibility index (Phi) is 5.18. The number of benzene rings is 1. The van der Waals surface area contributed by atoms with Crippen molar-refractivity contribution in [3.63, 3.8) is 0 Å². The molecule has 0 aliphatic rings. The molecule has 1 aromatic carbocycles. The fourth-order valence-electron chi connectivity index (χ4n) is 1.61. The maximum Gasteiger partial charge on any atom is 0.0595 e. The van der Waals surface area contributed by atoms with Gasteiger partial charge >= 0.3 is 0 Å². The quantitative estimate of drug-likeness (QED) is 0.471. The smallest absolute Gasteiger partial charge is 0.0595 e. The van der Waals surface area contributed by atoms with Gasteiger partial charge in [0.25, 0.3) is 0 Å². The summed E-state index contributed by atoms with van der Waals surface area (Å²) < 4.78 is 1.17. The van der Waals surface area contributed by atoms with Crippen LogP contribution in [0.5, 0.6) is 0 Å². The van der Waals surface area contributed by atoms with Gasteiger partial charge in [-0.3, -0.25) is 0 Å². The topological polar surface area (TPSA) is 0 Å². The second kappa shape index (κ2) is 6.27. The average Bonchev–Trinajstić information content (AvgIpc) is 2.65. The highest BCUT2D eigenvalue weighted by Crippen LogP contribution is 2.37. The first kappa shape index (κ1) is 14.9. The van der Waals surface area contributed by atoms with E-state index in [1.807, 2.05) is 18.2 Å². The molecular weight excluding hydrogens is 419 g/mol. The molecule has 1 heterocycles. The third kappa shape index (κ3) is 3.51. The number of halogens is 4. The summed E-state index contributed by atoms with van der Waals surface area (Å²) in [6, 6.07) is 7.94. The normalized spacial score (nSPS) is 12.7. The van der Waals surface area contributed by atoms with E-state index in [9.17, 15) is 0 Å². The molecule has 0 N–H and O–H groups in total. The maximum absolute atomic E-state index is 6.02. The first-order valence-corrected chi connectivity index (χ1v) is 8.59. The lowest BCUT2D eigenvalue weighted by molar-refractivity contribution is 0.969. The molecule has 0 saturated carbocycles. The summed E-state index contributed by atoms with van der Waals surface area (Å²) in [7, 11) is 0. The van der Waals surface area contributed by atoms with Crippen LogP contribution < -0.4 is 0 Å². The van der Waals surface area contributed by atoms with Gasteiger partial charge in [-0.15, -0.1) is 11.3 Å². The molecule has 0 saturated heterocycles. The highest BCUT2D eigenvalue weighted by molar-refractivity contribution is 9.10. The van der Waals surface area contributed by atoms with Crippen molar-refractivity contribution in [2.24, 2.45) is 0 Å². The molecule has 2 aromatic rings. The number of alkyl halides is 1. The van der Waals surface area contributed by atoms with Crippen LogP contribution in [0.25, 0.3) is 0 Å². The van der Waals surface area contributed by atoms with E-state index < -0.39 is 0 Å². The van der Waals surface area contributed by atoms with Gasteiger partial charge in [-0.05, 0) is 53.0 Å². The van der Waals surface area contributed by atoms with Crippen molar-refractivity contribution in [1.29, 1.82) is 0 Å². The van der Waals surface area contributed by atoms with Gasteiger partial charge in [0.05, 0.1) is 14.9 Å². The highest BCUT2D eigenvalue weighted by atomic mass is 79.9. The number of thiophene rings is 1. The van der Waals surface area contributed by atoms with Crippen LogP contribution in [0.4, 0.5) is 0 Å². The fourth-order valence-corrected chi connectivity index (χ4v) is 4.26. The Morgan fingerprint density at radius 2 is 1.94 bits per heavy atom. The Balaban J connectivity index is 2.15. The number of rotatable bonds is 3. The fraction of sp³-hybridized carbons (Fsp3) is 0.231. The monoisotopic (exact) mass is 426 g/mol. The first-order chi connectivity index (χ1) is 8.47. The van der Waals surface area contributed by atoms with Gasteiger partial charge in [-0.2, -0.15) is 0 Å². The summed E-state index contributed by atoms with van der Waals surface area (Å²) in [6.45, 7) is 2.11. The molecular formula is C13H10Br2Cl2S. The van der Waals surface area contributed by atoms with Crippen molar-refractivity contribution in [3.8, 4) is 0 Å². The molecule has 0 nitrogen and oxygen atoms in total. The summed E-state index contributed by atoms with van der Waals surface area (Å²) in [5.74, 6) is 0. The number of aryl methyl sites for hydroxylation is 1. The van der Waals surface area contributed by atoms with E-state index >= 15 is 0 Å². The van der Waals surface area contributed by atoms with E-state index in [4.69, 9.17) is 23.2 Å². The number of hydrogen-bond donors (Lipinski definition) is 0. The summed E-state index contributed by atoms with van der Waals surface area (Å²) >= 11 is 21.0. The van der Waals surface area contributed by atoms with Crippen molar-refractivity contribution >= 4 is 66.4 Å². The third-order valence-electron chi connectivity index (χ3n) is 2.58.